The third kappa shape index (κ3) is 4.27. The van der Waals surface area contributed by atoms with Crippen molar-refractivity contribution in [3.8, 4) is 11.3 Å². The van der Waals surface area contributed by atoms with Crippen LogP contribution in [0, 0.1) is 0 Å². The van der Waals surface area contributed by atoms with E-state index in [9.17, 15) is 4.79 Å². The molecular formula is C17H20ClN3O3. The van der Waals surface area contributed by atoms with Gasteiger partial charge >= 0.3 is 6.09 Å². The number of carboxylic acid groups (broad SMARTS) is 1. The summed E-state index contributed by atoms with van der Waals surface area (Å²) >= 11 is 5.89. The second-order valence-electron chi connectivity index (χ2n) is 5.90. The molecule has 0 bridgehead atoms. The molecular weight excluding hydrogens is 330 g/mol. The maximum Gasteiger partial charge on any atom is 0.407 e. The maximum atomic E-state index is 10.9. The van der Waals surface area contributed by atoms with Crippen LogP contribution in [0.25, 0.3) is 11.3 Å². The Morgan fingerprint density at radius 1 is 1.21 bits per heavy atom. The van der Waals surface area contributed by atoms with Crippen molar-refractivity contribution in [2.75, 3.05) is 32.7 Å². The van der Waals surface area contributed by atoms with Gasteiger partial charge in [0.05, 0.1) is 0 Å². The van der Waals surface area contributed by atoms with Gasteiger partial charge in [0.1, 0.15) is 11.5 Å². The van der Waals surface area contributed by atoms with E-state index in [1.54, 1.807) is 0 Å². The van der Waals surface area contributed by atoms with Crippen LogP contribution in [0.3, 0.4) is 0 Å². The summed E-state index contributed by atoms with van der Waals surface area (Å²) in [4.78, 5) is 14.6. The minimum absolute atomic E-state index is 0.582. The Kier molecular flexibility index (Phi) is 5.37. The number of hydrogen-bond acceptors (Lipinski definition) is 4. The average Bonchev–Trinajstić information content (AvgIpc) is 3.05. The summed E-state index contributed by atoms with van der Waals surface area (Å²) in [7, 11) is 0. The van der Waals surface area contributed by atoms with Crippen LogP contribution in [0.4, 0.5) is 4.79 Å². The zero-order chi connectivity index (χ0) is 16.9. The van der Waals surface area contributed by atoms with Gasteiger partial charge in [-0.2, -0.15) is 0 Å². The summed E-state index contributed by atoms with van der Waals surface area (Å²) in [5.41, 5.74) is 1.80. The number of aromatic nitrogens is 1. The molecule has 128 valence electrons. The molecule has 2 aromatic rings. The van der Waals surface area contributed by atoms with E-state index in [4.69, 9.17) is 21.2 Å². The summed E-state index contributed by atoms with van der Waals surface area (Å²) in [5, 5.41) is 13.7. The Bertz CT molecular complexity index is 679. The molecule has 1 amide bonds. The third-order valence-corrected chi connectivity index (χ3v) is 4.49. The van der Waals surface area contributed by atoms with E-state index in [-0.39, 0.29) is 0 Å². The quantitative estimate of drug-likeness (QED) is 0.897. The first-order valence-corrected chi connectivity index (χ1v) is 8.41. The predicted octanol–water partition coefficient (Wildman–Crippen LogP) is 3.22. The van der Waals surface area contributed by atoms with Crippen LogP contribution in [0.1, 0.15) is 12.2 Å². The predicted molar refractivity (Wildman–Crippen MR) is 91.3 cm³/mol. The number of hydrogen-bond donors (Lipinski definition) is 1. The number of halogens is 1. The van der Waals surface area contributed by atoms with E-state index in [0.717, 1.165) is 49.5 Å². The molecule has 1 saturated heterocycles. The lowest BCUT2D eigenvalue weighted by molar-refractivity contribution is 0.105. The Morgan fingerprint density at radius 2 is 1.92 bits per heavy atom. The van der Waals surface area contributed by atoms with Crippen molar-refractivity contribution in [1.82, 2.24) is 15.0 Å². The summed E-state index contributed by atoms with van der Waals surface area (Å²) in [6, 6.07) is 9.48. The Hall–Kier alpha value is -2.05. The van der Waals surface area contributed by atoms with Crippen LogP contribution < -0.4 is 0 Å². The van der Waals surface area contributed by atoms with Crippen LogP contribution in [-0.2, 0) is 6.42 Å². The number of nitrogens with zero attached hydrogens (tertiary/aromatic N) is 3. The van der Waals surface area contributed by atoms with Crippen molar-refractivity contribution in [2.45, 2.75) is 12.8 Å². The first-order chi connectivity index (χ1) is 11.6. The van der Waals surface area contributed by atoms with Gasteiger partial charge in [-0.15, -0.1) is 0 Å². The standard InChI is InChI=1S/C17H20ClN3O3/c18-14-5-3-13(4-6-14)16-12-15(24-19-16)2-1-7-20-8-10-21(11-9-20)17(22)23/h3-6,12H,1-2,7-11H2,(H,22,23). The molecule has 3 rings (SSSR count). The van der Waals surface area contributed by atoms with Crippen LogP contribution in [0.5, 0.6) is 0 Å². The lowest BCUT2D eigenvalue weighted by Crippen LogP contribution is -2.48. The lowest BCUT2D eigenvalue weighted by atomic mass is 10.1. The third-order valence-electron chi connectivity index (χ3n) is 4.24. The number of carbonyl (C=O) groups is 1. The molecule has 24 heavy (non-hydrogen) atoms. The van der Waals surface area contributed by atoms with E-state index >= 15 is 0 Å². The van der Waals surface area contributed by atoms with Crippen molar-refractivity contribution >= 4 is 17.7 Å². The van der Waals surface area contributed by atoms with Crippen LogP contribution >= 0.6 is 11.6 Å². The van der Waals surface area contributed by atoms with Crippen LogP contribution in [0.15, 0.2) is 34.9 Å². The number of amides is 1. The highest BCUT2D eigenvalue weighted by molar-refractivity contribution is 6.30. The highest BCUT2D eigenvalue weighted by Crippen LogP contribution is 2.21. The molecule has 1 aromatic heterocycles. The highest BCUT2D eigenvalue weighted by Gasteiger charge is 2.19. The molecule has 1 fully saturated rings. The van der Waals surface area contributed by atoms with Gasteiger partial charge in [0.2, 0.25) is 0 Å². The largest absolute Gasteiger partial charge is 0.465 e. The van der Waals surface area contributed by atoms with Gasteiger partial charge in [-0.1, -0.05) is 28.9 Å². The molecule has 1 aliphatic rings. The minimum atomic E-state index is -0.828. The fourth-order valence-corrected chi connectivity index (χ4v) is 2.95. The fraction of sp³-hybridized carbons (Fsp3) is 0.412. The van der Waals surface area contributed by atoms with E-state index < -0.39 is 6.09 Å². The average molecular weight is 350 g/mol. The molecule has 0 saturated carbocycles. The van der Waals surface area contributed by atoms with E-state index in [1.807, 2.05) is 30.3 Å². The smallest absolute Gasteiger partial charge is 0.407 e. The molecule has 1 N–H and O–H groups in total. The summed E-state index contributed by atoms with van der Waals surface area (Å²) in [6.45, 7) is 3.68. The first-order valence-electron chi connectivity index (χ1n) is 8.03. The van der Waals surface area contributed by atoms with Gasteiger partial charge in [-0.05, 0) is 25.1 Å². The van der Waals surface area contributed by atoms with Gasteiger partial charge in [-0.25, -0.2) is 4.79 Å². The van der Waals surface area contributed by atoms with Crippen molar-refractivity contribution in [3.63, 3.8) is 0 Å². The zero-order valence-corrected chi connectivity index (χ0v) is 14.1. The monoisotopic (exact) mass is 349 g/mol. The topological polar surface area (TPSA) is 69.8 Å². The van der Waals surface area contributed by atoms with Crippen molar-refractivity contribution < 1.29 is 14.4 Å². The molecule has 2 heterocycles. The molecule has 1 aliphatic heterocycles. The van der Waals surface area contributed by atoms with E-state index in [1.165, 1.54) is 4.90 Å². The normalized spacial score (nSPS) is 15.6. The van der Waals surface area contributed by atoms with Crippen molar-refractivity contribution in [1.29, 1.82) is 0 Å². The number of benzene rings is 1. The molecule has 0 spiro atoms. The van der Waals surface area contributed by atoms with Gasteiger partial charge in [-0.3, -0.25) is 4.90 Å². The molecule has 7 heteroatoms. The molecule has 0 unspecified atom stereocenters. The molecule has 0 radical (unpaired) electrons. The molecule has 0 atom stereocenters. The number of rotatable bonds is 5. The highest BCUT2D eigenvalue weighted by atomic mass is 35.5. The second kappa shape index (κ2) is 7.68. The van der Waals surface area contributed by atoms with Gasteiger partial charge < -0.3 is 14.5 Å². The van der Waals surface area contributed by atoms with Gasteiger partial charge in [0.25, 0.3) is 0 Å². The summed E-state index contributed by atoms with van der Waals surface area (Å²) in [5.74, 6) is 0.865. The number of piperazine rings is 1. The Balaban J connectivity index is 1.45. The molecule has 0 aliphatic carbocycles. The summed E-state index contributed by atoms with van der Waals surface area (Å²) < 4.78 is 5.40. The van der Waals surface area contributed by atoms with Gasteiger partial charge in [0, 0.05) is 49.3 Å². The van der Waals surface area contributed by atoms with E-state index in [0.29, 0.717) is 18.1 Å². The molecule has 1 aromatic carbocycles. The Labute approximate surface area is 145 Å². The lowest BCUT2D eigenvalue weighted by Gasteiger charge is -2.32. The zero-order valence-electron chi connectivity index (χ0n) is 13.3. The Morgan fingerprint density at radius 3 is 2.58 bits per heavy atom. The first kappa shape index (κ1) is 16.8. The van der Waals surface area contributed by atoms with Gasteiger partial charge in [0.15, 0.2) is 0 Å². The molecule has 6 nitrogen and oxygen atoms in total. The fourth-order valence-electron chi connectivity index (χ4n) is 2.83. The SMILES string of the molecule is O=C(O)N1CCN(CCCc2cc(-c3ccc(Cl)cc3)no2)CC1. The summed E-state index contributed by atoms with van der Waals surface area (Å²) in [6.07, 6.45) is 0.952. The van der Waals surface area contributed by atoms with Crippen LogP contribution in [0.2, 0.25) is 5.02 Å². The van der Waals surface area contributed by atoms with Crippen molar-refractivity contribution in [2.24, 2.45) is 0 Å². The van der Waals surface area contributed by atoms with Crippen LogP contribution in [-0.4, -0.2) is 58.9 Å². The van der Waals surface area contributed by atoms with Crippen molar-refractivity contribution in [3.05, 3.63) is 41.1 Å². The second-order valence-corrected chi connectivity index (χ2v) is 6.34. The minimum Gasteiger partial charge on any atom is -0.465 e. The number of aryl methyl sites for hydroxylation is 1. The maximum absolute atomic E-state index is 10.9. The van der Waals surface area contributed by atoms with E-state index in [2.05, 4.69) is 10.1 Å².